The number of anilines is 2. The van der Waals surface area contributed by atoms with Crippen LogP contribution >= 0.6 is 22.6 Å². The van der Waals surface area contributed by atoms with Crippen LogP contribution in [0.4, 0.5) is 15.8 Å². The second-order valence-corrected chi connectivity index (χ2v) is 5.12. The number of amides is 1. The van der Waals surface area contributed by atoms with Gasteiger partial charge in [0.25, 0.3) is 5.91 Å². The molecular weight excluding hydrogens is 358 g/mol. The highest BCUT2D eigenvalue weighted by Gasteiger charge is 2.14. The van der Waals surface area contributed by atoms with Crippen molar-refractivity contribution < 1.29 is 9.18 Å². The van der Waals surface area contributed by atoms with Crippen molar-refractivity contribution in [2.24, 2.45) is 0 Å². The van der Waals surface area contributed by atoms with Crippen LogP contribution in [-0.4, -0.2) is 13.0 Å². The van der Waals surface area contributed by atoms with Crippen LogP contribution in [-0.2, 0) is 0 Å². The minimum Gasteiger partial charge on any atom is -0.385 e. The molecule has 2 rings (SSSR count). The summed E-state index contributed by atoms with van der Waals surface area (Å²) in [5, 5.41) is 5.46. The Balaban J connectivity index is 2.28. The quantitative estimate of drug-likeness (QED) is 0.809. The van der Waals surface area contributed by atoms with E-state index in [1.807, 2.05) is 18.2 Å². The summed E-state index contributed by atoms with van der Waals surface area (Å²) in [7, 11) is 1.58. The number of halogens is 2. The van der Waals surface area contributed by atoms with Crippen molar-refractivity contribution >= 4 is 39.9 Å². The molecular formula is C14H12FIN2O. The van der Waals surface area contributed by atoms with Gasteiger partial charge < -0.3 is 10.6 Å². The van der Waals surface area contributed by atoms with Gasteiger partial charge in [0.05, 0.1) is 11.3 Å². The minimum atomic E-state index is -0.446. The van der Waals surface area contributed by atoms with Crippen LogP contribution in [0.3, 0.4) is 0 Å². The number of benzene rings is 2. The van der Waals surface area contributed by atoms with Gasteiger partial charge in [0.15, 0.2) is 0 Å². The Kier molecular flexibility index (Phi) is 4.36. The predicted molar refractivity (Wildman–Crippen MR) is 83.1 cm³/mol. The zero-order chi connectivity index (χ0) is 13.8. The van der Waals surface area contributed by atoms with E-state index in [9.17, 15) is 9.18 Å². The van der Waals surface area contributed by atoms with E-state index in [0.717, 1.165) is 3.57 Å². The lowest BCUT2D eigenvalue weighted by Gasteiger charge is -2.10. The van der Waals surface area contributed by atoms with Gasteiger partial charge in [-0.2, -0.15) is 0 Å². The van der Waals surface area contributed by atoms with Gasteiger partial charge in [-0.25, -0.2) is 4.39 Å². The predicted octanol–water partition coefficient (Wildman–Crippen LogP) is 3.72. The van der Waals surface area contributed by atoms with Gasteiger partial charge in [-0.05, 0) is 52.9 Å². The molecule has 0 unspecified atom stereocenters. The number of nitrogens with one attached hydrogen (secondary N) is 2. The summed E-state index contributed by atoms with van der Waals surface area (Å²) in [5.41, 5.74) is 1.16. The van der Waals surface area contributed by atoms with Crippen molar-refractivity contribution in [2.75, 3.05) is 17.7 Å². The van der Waals surface area contributed by atoms with E-state index in [2.05, 4.69) is 33.2 Å². The molecule has 0 aromatic heterocycles. The normalized spacial score (nSPS) is 10.1. The van der Waals surface area contributed by atoms with E-state index in [4.69, 9.17) is 0 Å². The van der Waals surface area contributed by atoms with E-state index >= 15 is 0 Å². The first-order valence-corrected chi connectivity index (χ1v) is 6.73. The summed E-state index contributed by atoms with van der Waals surface area (Å²) in [6.07, 6.45) is 0. The number of rotatable bonds is 3. The fourth-order valence-corrected chi connectivity index (χ4v) is 2.28. The number of carbonyl (C=O) groups excluding carboxylic acids is 1. The van der Waals surface area contributed by atoms with E-state index in [1.54, 1.807) is 19.2 Å². The molecule has 0 radical (unpaired) electrons. The largest absolute Gasteiger partial charge is 0.385 e. The Morgan fingerprint density at radius 3 is 2.63 bits per heavy atom. The third-order valence-corrected chi connectivity index (χ3v) is 3.26. The van der Waals surface area contributed by atoms with Crippen molar-refractivity contribution in [3.8, 4) is 0 Å². The average molecular weight is 370 g/mol. The van der Waals surface area contributed by atoms with E-state index < -0.39 is 5.82 Å². The third-order valence-electron chi connectivity index (χ3n) is 2.59. The van der Waals surface area contributed by atoms with Gasteiger partial charge >= 0.3 is 0 Å². The second kappa shape index (κ2) is 6.01. The highest BCUT2D eigenvalue weighted by Crippen LogP contribution is 2.21. The number of hydrogen-bond acceptors (Lipinski definition) is 2. The lowest BCUT2D eigenvalue weighted by atomic mass is 10.1. The molecule has 0 saturated heterocycles. The Labute approximate surface area is 124 Å². The highest BCUT2D eigenvalue weighted by atomic mass is 127. The van der Waals surface area contributed by atoms with Gasteiger partial charge in [-0.3, -0.25) is 4.79 Å². The van der Waals surface area contributed by atoms with E-state index in [-0.39, 0.29) is 17.2 Å². The zero-order valence-electron chi connectivity index (χ0n) is 10.2. The van der Waals surface area contributed by atoms with Crippen LogP contribution < -0.4 is 10.6 Å². The van der Waals surface area contributed by atoms with Crippen LogP contribution in [0.25, 0.3) is 0 Å². The van der Waals surface area contributed by atoms with Crippen molar-refractivity contribution in [2.45, 2.75) is 0 Å². The molecule has 98 valence electrons. The highest BCUT2D eigenvalue weighted by molar-refractivity contribution is 14.1. The first-order valence-electron chi connectivity index (χ1n) is 5.65. The van der Waals surface area contributed by atoms with Gasteiger partial charge in [-0.1, -0.05) is 12.1 Å². The van der Waals surface area contributed by atoms with Crippen molar-refractivity contribution in [3.63, 3.8) is 0 Å². The van der Waals surface area contributed by atoms with E-state index in [0.29, 0.717) is 5.69 Å². The maximum Gasteiger partial charge on any atom is 0.257 e. The van der Waals surface area contributed by atoms with Gasteiger partial charge in [0, 0.05) is 16.3 Å². The molecule has 0 fully saturated rings. The maximum atomic E-state index is 13.6. The summed E-state index contributed by atoms with van der Waals surface area (Å²) in [6.45, 7) is 0. The lowest BCUT2D eigenvalue weighted by molar-refractivity contribution is 0.102. The number of para-hydroxylation sites is 1. The molecule has 0 saturated carbocycles. The molecule has 1 amide bonds. The third kappa shape index (κ3) is 3.23. The molecule has 2 N–H and O–H groups in total. The first kappa shape index (κ1) is 13.8. The van der Waals surface area contributed by atoms with Crippen LogP contribution in [0.15, 0.2) is 42.5 Å². The lowest BCUT2D eigenvalue weighted by Crippen LogP contribution is -2.14. The van der Waals surface area contributed by atoms with Crippen LogP contribution in [0, 0.1) is 9.39 Å². The molecule has 2 aromatic carbocycles. The minimum absolute atomic E-state index is 0.200. The Bertz CT molecular complexity index is 616. The molecule has 0 aliphatic carbocycles. The molecule has 0 heterocycles. The Morgan fingerprint density at radius 1 is 1.21 bits per heavy atom. The zero-order valence-corrected chi connectivity index (χ0v) is 12.4. The Hall–Kier alpha value is -1.63. The smallest absolute Gasteiger partial charge is 0.257 e. The molecule has 0 spiro atoms. The maximum absolute atomic E-state index is 13.6. The van der Waals surface area contributed by atoms with Crippen molar-refractivity contribution in [1.82, 2.24) is 0 Å². The van der Waals surface area contributed by atoms with Gasteiger partial charge in [-0.15, -0.1) is 0 Å². The molecule has 3 nitrogen and oxygen atoms in total. The van der Waals surface area contributed by atoms with Crippen LogP contribution in [0.2, 0.25) is 0 Å². The summed E-state index contributed by atoms with van der Waals surface area (Å²) in [5.74, 6) is -0.788. The van der Waals surface area contributed by atoms with E-state index in [1.165, 1.54) is 12.1 Å². The SMILES string of the molecule is CNc1c(F)cccc1C(=O)Nc1cccc(I)c1. The Morgan fingerprint density at radius 2 is 1.95 bits per heavy atom. The second-order valence-electron chi connectivity index (χ2n) is 3.88. The standard InChI is InChI=1S/C14H12FIN2O/c1-17-13-11(6-3-7-12(13)15)14(19)18-10-5-2-4-9(16)8-10/h2-8,17H,1H3,(H,18,19). The average Bonchev–Trinajstić information content (AvgIpc) is 2.38. The molecule has 19 heavy (non-hydrogen) atoms. The molecule has 0 aliphatic rings. The topological polar surface area (TPSA) is 41.1 Å². The fraction of sp³-hybridized carbons (Fsp3) is 0.0714. The van der Waals surface area contributed by atoms with Crippen molar-refractivity contribution in [3.05, 3.63) is 57.4 Å². The number of carbonyl (C=O) groups is 1. The molecule has 0 aliphatic heterocycles. The van der Waals surface area contributed by atoms with Gasteiger partial charge in [0.2, 0.25) is 0 Å². The first-order chi connectivity index (χ1) is 9.11. The summed E-state index contributed by atoms with van der Waals surface area (Å²) >= 11 is 2.16. The van der Waals surface area contributed by atoms with Crippen LogP contribution in [0.1, 0.15) is 10.4 Å². The fourth-order valence-electron chi connectivity index (χ4n) is 1.73. The molecule has 2 aromatic rings. The van der Waals surface area contributed by atoms with Gasteiger partial charge in [0.1, 0.15) is 5.82 Å². The molecule has 0 atom stereocenters. The number of hydrogen-bond donors (Lipinski definition) is 2. The van der Waals surface area contributed by atoms with Crippen LogP contribution in [0.5, 0.6) is 0 Å². The summed E-state index contributed by atoms with van der Waals surface area (Å²) in [6, 6.07) is 11.8. The van der Waals surface area contributed by atoms with Crippen molar-refractivity contribution in [1.29, 1.82) is 0 Å². The monoisotopic (exact) mass is 370 g/mol. The molecule has 0 bridgehead atoms. The summed E-state index contributed by atoms with van der Waals surface area (Å²) in [4.78, 5) is 12.1. The summed E-state index contributed by atoms with van der Waals surface area (Å²) < 4.78 is 14.6. The molecule has 5 heteroatoms.